The van der Waals surface area contributed by atoms with Crippen molar-refractivity contribution in [2.24, 2.45) is 5.41 Å². The van der Waals surface area contributed by atoms with Crippen molar-refractivity contribution in [3.63, 3.8) is 0 Å². The Bertz CT molecular complexity index is 493. The SMILES string of the molecule is Cc1cc(C(=O)O)c(O)c(C(C)(C)CC(C)(C)C)c1. The maximum atomic E-state index is 11.2. The first-order valence-electron chi connectivity index (χ1n) is 6.51. The minimum Gasteiger partial charge on any atom is -0.507 e. The molecule has 0 aromatic heterocycles. The smallest absolute Gasteiger partial charge is 0.339 e. The molecule has 106 valence electrons. The van der Waals surface area contributed by atoms with Crippen molar-refractivity contribution in [1.82, 2.24) is 0 Å². The van der Waals surface area contributed by atoms with Gasteiger partial charge in [0.05, 0.1) is 0 Å². The molecule has 0 atom stereocenters. The van der Waals surface area contributed by atoms with Crippen LogP contribution in [0.15, 0.2) is 12.1 Å². The molecule has 1 rings (SSSR count). The number of rotatable bonds is 3. The number of carboxylic acid groups (broad SMARTS) is 1. The average molecular weight is 264 g/mol. The molecule has 0 aliphatic heterocycles. The Kier molecular flexibility index (Phi) is 3.99. The largest absolute Gasteiger partial charge is 0.507 e. The molecule has 0 radical (unpaired) electrons. The molecule has 3 nitrogen and oxygen atoms in total. The summed E-state index contributed by atoms with van der Waals surface area (Å²) in [5.41, 5.74) is 1.37. The van der Waals surface area contributed by atoms with Crippen LogP contribution in [0, 0.1) is 12.3 Å². The molecule has 19 heavy (non-hydrogen) atoms. The molecule has 1 aromatic carbocycles. The Morgan fingerprint density at radius 1 is 1.16 bits per heavy atom. The van der Waals surface area contributed by atoms with Crippen molar-refractivity contribution in [2.75, 3.05) is 0 Å². The monoisotopic (exact) mass is 264 g/mol. The van der Waals surface area contributed by atoms with Gasteiger partial charge >= 0.3 is 5.97 Å². The molecule has 0 heterocycles. The van der Waals surface area contributed by atoms with E-state index in [4.69, 9.17) is 5.11 Å². The maximum absolute atomic E-state index is 11.2. The second-order valence-corrected chi connectivity index (χ2v) is 7.14. The third kappa shape index (κ3) is 3.72. The van der Waals surface area contributed by atoms with Crippen molar-refractivity contribution >= 4 is 5.97 Å². The summed E-state index contributed by atoms with van der Waals surface area (Å²) < 4.78 is 0. The molecule has 0 saturated heterocycles. The molecular formula is C16H24O3. The van der Waals surface area contributed by atoms with Crippen molar-refractivity contribution in [3.8, 4) is 5.75 Å². The van der Waals surface area contributed by atoms with E-state index in [1.54, 1.807) is 0 Å². The van der Waals surface area contributed by atoms with Crippen LogP contribution < -0.4 is 0 Å². The van der Waals surface area contributed by atoms with Crippen LogP contribution >= 0.6 is 0 Å². The zero-order chi connectivity index (χ0) is 15.0. The van der Waals surface area contributed by atoms with Crippen molar-refractivity contribution in [2.45, 2.75) is 53.4 Å². The summed E-state index contributed by atoms with van der Waals surface area (Å²) in [4.78, 5) is 11.2. The third-order valence-corrected chi connectivity index (χ3v) is 3.19. The average Bonchev–Trinajstić information content (AvgIpc) is 2.16. The minimum absolute atomic E-state index is 0.0167. The molecule has 0 amide bonds. The molecule has 0 saturated carbocycles. The van der Waals surface area contributed by atoms with Gasteiger partial charge in [-0.3, -0.25) is 0 Å². The number of carbonyl (C=O) groups is 1. The van der Waals surface area contributed by atoms with Crippen LogP contribution in [0.4, 0.5) is 0 Å². The van der Waals surface area contributed by atoms with E-state index in [9.17, 15) is 9.90 Å². The first-order chi connectivity index (χ1) is 8.44. The Morgan fingerprint density at radius 2 is 1.68 bits per heavy atom. The Labute approximate surface area is 115 Å². The number of phenols is 1. The number of carboxylic acids is 1. The fraction of sp³-hybridized carbons (Fsp3) is 0.562. The van der Waals surface area contributed by atoms with Gasteiger partial charge in [-0.1, -0.05) is 40.7 Å². The van der Waals surface area contributed by atoms with Gasteiger partial charge in [-0.2, -0.15) is 0 Å². The first-order valence-corrected chi connectivity index (χ1v) is 6.51. The quantitative estimate of drug-likeness (QED) is 0.863. The van der Waals surface area contributed by atoms with E-state index in [0.29, 0.717) is 5.56 Å². The highest BCUT2D eigenvalue weighted by molar-refractivity contribution is 5.91. The van der Waals surface area contributed by atoms with Gasteiger partial charge in [0.1, 0.15) is 11.3 Å². The zero-order valence-corrected chi connectivity index (χ0v) is 12.7. The fourth-order valence-corrected chi connectivity index (χ4v) is 2.88. The number of benzene rings is 1. The third-order valence-electron chi connectivity index (χ3n) is 3.19. The lowest BCUT2D eigenvalue weighted by atomic mass is 9.71. The topological polar surface area (TPSA) is 57.5 Å². The van der Waals surface area contributed by atoms with Crippen LogP contribution in [-0.4, -0.2) is 16.2 Å². The van der Waals surface area contributed by atoms with E-state index in [2.05, 4.69) is 20.8 Å². The Balaban J connectivity index is 3.38. The van der Waals surface area contributed by atoms with Crippen molar-refractivity contribution < 1.29 is 15.0 Å². The lowest BCUT2D eigenvalue weighted by Crippen LogP contribution is -2.25. The fourth-order valence-electron chi connectivity index (χ4n) is 2.88. The minimum atomic E-state index is -1.09. The molecule has 0 fully saturated rings. The second kappa shape index (κ2) is 4.87. The Hall–Kier alpha value is -1.51. The predicted molar refractivity (Wildman–Crippen MR) is 76.9 cm³/mol. The highest BCUT2D eigenvalue weighted by atomic mass is 16.4. The van der Waals surface area contributed by atoms with Gasteiger partial charge in [0.15, 0.2) is 0 Å². The van der Waals surface area contributed by atoms with Gasteiger partial charge in [-0.25, -0.2) is 4.79 Å². The van der Waals surface area contributed by atoms with Gasteiger partial charge in [-0.05, 0) is 35.8 Å². The van der Waals surface area contributed by atoms with E-state index >= 15 is 0 Å². The van der Waals surface area contributed by atoms with Crippen LogP contribution in [0.25, 0.3) is 0 Å². The molecule has 1 aromatic rings. The summed E-state index contributed by atoms with van der Waals surface area (Å²) in [6, 6.07) is 3.39. The highest BCUT2D eigenvalue weighted by Gasteiger charge is 2.31. The molecule has 0 unspecified atom stereocenters. The van der Waals surface area contributed by atoms with Gasteiger partial charge in [0.25, 0.3) is 0 Å². The van der Waals surface area contributed by atoms with Crippen LogP contribution in [0.2, 0.25) is 0 Å². The van der Waals surface area contributed by atoms with Gasteiger partial charge in [0.2, 0.25) is 0 Å². The van der Waals surface area contributed by atoms with Crippen molar-refractivity contribution in [1.29, 1.82) is 0 Å². The second-order valence-electron chi connectivity index (χ2n) is 7.14. The summed E-state index contributed by atoms with van der Waals surface area (Å²) in [6.07, 6.45) is 0.857. The van der Waals surface area contributed by atoms with E-state index in [1.165, 1.54) is 6.07 Å². The summed E-state index contributed by atoms with van der Waals surface area (Å²) in [6.45, 7) is 12.3. The standard InChI is InChI=1S/C16H24O3/c1-10-7-11(14(18)19)13(17)12(8-10)16(5,6)9-15(2,3)4/h7-8,17H,9H2,1-6H3,(H,18,19). The van der Waals surface area contributed by atoms with Crippen LogP contribution in [0.3, 0.4) is 0 Å². The molecule has 0 bridgehead atoms. The lowest BCUT2D eigenvalue weighted by molar-refractivity contribution is 0.0693. The number of aryl methyl sites for hydroxylation is 1. The van der Waals surface area contributed by atoms with Crippen LogP contribution in [0.5, 0.6) is 5.75 Å². The summed E-state index contributed by atoms with van der Waals surface area (Å²) in [7, 11) is 0. The predicted octanol–water partition coefficient (Wildman–Crippen LogP) is 4.11. The molecule has 0 aliphatic carbocycles. The van der Waals surface area contributed by atoms with E-state index in [1.807, 2.05) is 26.8 Å². The molecule has 0 spiro atoms. The highest BCUT2D eigenvalue weighted by Crippen LogP contribution is 2.41. The van der Waals surface area contributed by atoms with Crippen molar-refractivity contribution in [3.05, 3.63) is 28.8 Å². The number of aromatic hydroxyl groups is 1. The normalized spacial score (nSPS) is 12.5. The van der Waals surface area contributed by atoms with Crippen LogP contribution in [-0.2, 0) is 5.41 Å². The summed E-state index contributed by atoms with van der Waals surface area (Å²) >= 11 is 0. The van der Waals surface area contributed by atoms with E-state index in [-0.39, 0.29) is 22.1 Å². The summed E-state index contributed by atoms with van der Waals surface area (Å²) in [5.74, 6) is -1.19. The first kappa shape index (κ1) is 15.5. The molecule has 3 heteroatoms. The molecule has 0 aliphatic rings. The molecular weight excluding hydrogens is 240 g/mol. The lowest BCUT2D eigenvalue weighted by Gasteiger charge is -2.33. The van der Waals surface area contributed by atoms with Gasteiger partial charge in [-0.15, -0.1) is 0 Å². The maximum Gasteiger partial charge on any atom is 0.339 e. The van der Waals surface area contributed by atoms with Gasteiger partial charge < -0.3 is 10.2 Å². The Morgan fingerprint density at radius 3 is 2.11 bits per heavy atom. The van der Waals surface area contributed by atoms with Gasteiger partial charge in [0, 0.05) is 5.56 Å². The summed E-state index contributed by atoms with van der Waals surface area (Å²) in [5, 5.41) is 19.4. The van der Waals surface area contributed by atoms with E-state index < -0.39 is 5.97 Å². The zero-order valence-electron chi connectivity index (χ0n) is 12.7. The van der Waals surface area contributed by atoms with Crippen LogP contribution in [0.1, 0.15) is 62.5 Å². The number of aromatic carboxylic acids is 1. The molecule has 2 N–H and O–H groups in total. The van der Waals surface area contributed by atoms with E-state index in [0.717, 1.165) is 12.0 Å². The number of hydrogen-bond donors (Lipinski definition) is 2. The number of hydrogen-bond acceptors (Lipinski definition) is 2.